The summed E-state index contributed by atoms with van der Waals surface area (Å²) in [5.74, 6) is 1.58. The van der Waals surface area contributed by atoms with Gasteiger partial charge < -0.3 is 5.32 Å². The van der Waals surface area contributed by atoms with E-state index in [1.165, 1.54) is 8.66 Å². The molecule has 0 unspecified atom stereocenters. The van der Waals surface area contributed by atoms with E-state index >= 15 is 0 Å². The molecule has 98 valence electrons. The zero-order valence-electron chi connectivity index (χ0n) is 10.6. The van der Waals surface area contributed by atoms with Crippen molar-refractivity contribution in [2.24, 2.45) is 5.92 Å². The minimum atomic E-state index is 0.582. The fraction of sp³-hybridized carbons (Fsp3) is 0.500. The largest absolute Gasteiger partial charge is 0.305 e. The molecule has 0 fully saturated rings. The predicted octanol–water partition coefficient (Wildman–Crippen LogP) is 3.05. The highest BCUT2D eigenvalue weighted by molar-refractivity contribution is 9.11. The maximum Gasteiger partial charge on any atom is 0.140 e. The van der Waals surface area contributed by atoms with Crippen molar-refractivity contribution in [1.29, 1.82) is 0 Å². The molecule has 0 atom stereocenters. The summed E-state index contributed by atoms with van der Waals surface area (Å²) in [5, 5.41) is 7.64. The first-order chi connectivity index (χ1) is 8.65. The van der Waals surface area contributed by atoms with Crippen molar-refractivity contribution in [2.45, 2.75) is 33.5 Å². The van der Waals surface area contributed by atoms with E-state index in [0.717, 1.165) is 25.5 Å². The Labute approximate surface area is 120 Å². The summed E-state index contributed by atoms with van der Waals surface area (Å²) >= 11 is 5.22. The Morgan fingerprint density at radius 2 is 2.22 bits per heavy atom. The van der Waals surface area contributed by atoms with Gasteiger partial charge in [-0.15, -0.1) is 11.3 Å². The summed E-state index contributed by atoms with van der Waals surface area (Å²) in [6.07, 6.45) is 1.63. The van der Waals surface area contributed by atoms with Gasteiger partial charge in [-0.25, -0.2) is 9.67 Å². The topological polar surface area (TPSA) is 42.7 Å². The van der Waals surface area contributed by atoms with E-state index < -0.39 is 0 Å². The lowest BCUT2D eigenvalue weighted by Gasteiger charge is -2.08. The SMILES string of the molecule is CC(C)Cn1ncnc1CNCc1ccc(Br)s1. The van der Waals surface area contributed by atoms with Crippen molar-refractivity contribution in [3.63, 3.8) is 0 Å². The van der Waals surface area contributed by atoms with Gasteiger partial charge in [0.1, 0.15) is 12.2 Å². The van der Waals surface area contributed by atoms with E-state index in [1.54, 1.807) is 17.7 Å². The molecule has 2 rings (SSSR count). The van der Waals surface area contributed by atoms with Crippen LogP contribution in [0.25, 0.3) is 0 Å². The minimum Gasteiger partial charge on any atom is -0.305 e. The quantitative estimate of drug-likeness (QED) is 0.886. The Balaban J connectivity index is 1.84. The summed E-state index contributed by atoms with van der Waals surface area (Å²) < 4.78 is 3.14. The van der Waals surface area contributed by atoms with Crippen LogP contribution in [-0.4, -0.2) is 14.8 Å². The lowest BCUT2D eigenvalue weighted by Crippen LogP contribution is -2.18. The highest BCUT2D eigenvalue weighted by Crippen LogP contribution is 2.21. The molecule has 2 aromatic heterocycles. The van der Waals surface area contributed by atoms with Crippen LogP contribution >= 0.6 is 27.3 Å². The number of halogens is 1. The van der Waals surface area contributed by atoms with E-state index in [1.807, 2.05) is 4.68 Å². The molecule has 4 nitrogen and oxygen atoms in total. The number of aromatic nitrogens is 3. The summed E-state index contributed by atoms with van der Waals surface area (Å²) in [6, 6.07) is 4.20. The second-order valence-corrected chi connectivity index (χ2v) is 7.11. The molecule has 0 aliphatic rings. The minimum absolute atomic E-state index is 0.582. The van der Waals surface area contributed by atoms with Crippen LogP contribution in [0, 0.1) is 5.92 Å². The normalized spacial score (nSPS) is 11.3. The number of hydrogen-bond acceptors (Lipinski definition) is 4. The van der Waals surface area contributed by atoms with Crippen molar-refractivity contribution in [2.75, 3.05) is 0 Å². The molecule has 0 aliphatic heterocycles. The smallest absolute Gasteiger partial charge is 0.140 e. The Kier molecular flexibility index (Phi) is 4.91. The van der Waals surface area contributed by atoms with E-state index in [0.29, 0.717) is 5.92 Å². The molecule has 0 aromatic carbocycles. The lowest BCUT2D eigenvalue weighted by molar-refractivity contribution is 0.458. The Morgan fingerprint density at radius 1 is 1.39 bits per heavy atom. The fourth-order valence-corrected chi connectivity index (χ4v) is 3.12. The second-order valence-electron chi connectivity index (χ2n) is 4.56. The number of nitrogens with zero attached hydrogens (tertiary/aromatic N) is 3. The van der Waals surface area contributed by atoms with Crippen LogP contribution < -0.4 is 5.32 Å². The molecule has 2 heterocycles. The molecule has 0 amide bonds. The maximum atomic E-state index is 4.29. The third kappa shape index (κ3) is 3.90. The van der Waals surface area contributed by atoms with Gasteiger partial charge in [0.2, 0.25) is 0 Å². The molecule has 0 spiro atoms. The van der Waals surface area contributed by atoms with Crippen molar-refractivity contribution >= 4 is 27.3 Å². The van der Waals surface area contributed by atoms with Gasteiger partial charge in [-0.1, -0.05) is 13.8 Å². The fourth-order valence-electron chi connectivity index (χ4n) is 1.67. The number of hydrogen-bond donors (Lipinski definition) is 1. The van der Waals surface area contributed by atoms with E-state index in [4.69, 9.17) is 0 Å². The molecule has 18 heavy (non-hydrogen) atoms. The van der Waals surface area contributed by atoms with Gasteiger partial charge in [-0.3, -0.25) is 0 Å². The molecule has 0 aliphatic carbocycles. The second kappa shape index (κ2) is 6.45. The Hall–Kier alpha value is -0.720. The van der Waals surface area contributed by atoms with Crippen LogP contribution in [-0.2, 0) is 19.6 Å². The van der Waals surface area contributed by atoms with Crippen molar-refractivity contribution < 1.29 is 0 Å². The zero-order chi connectivity index (χ0) is 13.0. The molecular formula is C12H17BrN4S. The molecule has 1 N–H and O–H groups in total. The van der Waals surface area contributed by atoms with Gasteiger partial charge in [0, 0.05) is 18.0 Å². The Morgan fingerprint density at radius 3 is 2.89 bits per heavy atom. The predicted molar refractivity (Wildman–Crippen MR) is 77.4 cm³/mol. The van der Waals surface area contributed by atoms with Crippen LogP contribution in [0.15, 0.2) is 22.2 Å². The first-order valence-corrected chi connectivity index (χ1v) is 7.57. The molecule has 0 bridgehead atoms. The van der Waals surface area contributed by atoms with Gasteiger partial charge in [0.25, 0.3) is 0 Å². The average molecular weight is 329 g/mol. The van der Waals surface area contributed by atoms with Gasteiger partial charge in [-0.2, -0.15) is 5.10 Å². The van der Waals surface area contributed by atoms with Gasteiger partial charge in [-0.05, 0) is 34.0 Å². The number of rotatable bonds is 6. The van der Waals surface area contributed by atoms with Crippen LogP contribution in [0.2, 0.25) is 0 Å². The van der Waals surface area contributed by atoms with Gasteiger partial charge in [0.15, 0.2) is 0 Å². The highest BCUT2D eigenvalue weighted by atomic mass is 79.9. The van der Waals surface area contributed by atoms with Crippen molar-refractivity contribution in [3.05, 3.63) is 32.9 Å². The molecule has 0 saturated carbocycles. The standard InChI is InChI=1S/C12H17BrN4S/c1-9(2)7-17-12(15-8-16-17)6-14-5-10-3-4-11(13)18-10/h3-4,8-9,14H,5-7H2,1-2H3. The number of thiophene rings is 1. The van der Waals surface area contributed by atoms with Gasteiger partial charge >= 0.3 is 0 Å². The van der Waals surface area contributed by atoms with Crippen molar-refractivity contribution in [3.8, 4) is 0 Å². The molecular weight excluding hydrogens is 312 g/mol. The Bertz CT molecular complexity index is 492. The molecule has 0 radical (unpaired) electrons. The van der Waals surface area contributed by atoms with Crippen LogP contribution in [0.1, 0.15) is 24.5 Å². The van der Waals surface area contributed by atoms with Gasteiger partial charge in [0.05, 0.1) is 10.3 Å². The van der Waals surface area contributed by atoms with E-state index in [-0.39, 0.29) is 0 Å². The van der Waals surface area contributed by atoms with Crippen LogP contribution in [0.5, 0.6) is 0 Å². The van der Waals surface area contributed by atoms with E-state index in [9.17, 15) is 0 Å². The zero-order valence-corrected chi connectivity index (χ0v) is 13.0. The lowest BCUT2D eigenvalue weighted by atomic mass is 10.2. The summed E-state index contributed by atoms with van der Waals surface area (Å²) in [6.45, 7) is 6.90. The summed E-state index contributed by atoms with van der Waals surface area (Å²) in [5.41, 5.74) is 0. The maximum absolute atomic E-state index is 4.29. The monoisotopic (exact) mass is 328 g/mol. The number of nitrogens with one attached hydrogen (secondary N) is 1. The molecule has 0 saturated heterocycles. The average Bonchev–Trinajstić information content (AvgIpc) is 2.88. The third-order valence-corrected chi connectivity index (χ3v) is 4.07. The summed E-state index contributed by atoms with van der Waals surface area (Å²) in [4.78, 5) is 5.61. The molecule has 2 aromatic rings. The van der Waals surface area contributed by atoms with E-state index in [2.05, 4.69) is 57.3 Å². The molecule has 6 heteroatoms. The summed E-state index contributed by atoms with van der Waals surface area (Å²) in [7, 11) is 0. The third-order valence-electron chi connectivity index (χ3n) is 2.45. The van der Waals surface area contributed by atoms with Crippen LogP contribution in [0.3, 0.4) is 0 Å². The highest BCUT2D eigenvalue weighted by Gasteiger charge is 2.06. The first-order valence-electron chi connectivity index (χ1n) is 5.96. The van der Waals surface area contributed by atoms with Crippen molar-refractivity contribution in [1.82, 2.24) is 20.1 Å². The van der Waals surface area contributed by atoms with Crippen LogP contribution in [0.4, 0.5) is 0 Å². The first kappa shape index (κ1) is 13.7.